The molecule has 0 saturated carbocycles. The lowest BCUT2D eigenvalue weighted by Crippen LogP contribution is -2.03. The molecule has 7 heteroatoms. The molecule has 5 nitrogen and oxygen atoms in total. The predicted octanol–water partition coefficient (Wildman–Crippen LogP) is 5.23. The van der Waals surface area contributed by atoms with E-state index in [4.69, 9.17) is 23.2 Å². The van der Waals surface area contributed by atoms with E-state index in [1.807, 2.05) is 18.2 Å². The van der Waals surface area contributed by atoms with Crippen LogP contribution < -0.4 is 10.6 Å². The van der Waals surface area contributed by atoms with Crippen molar-refractivity contribution in [1.29, 1.82) is 0 Å². The Morgan fingerprint density at radius 1 is 1.00 bits per heavy atom. The highest BCUT2D eigenvalue weighted by Gasteiger charge is 2.06. The van der Waals surface area contributed by atoms with Crippen LogP contribution in [0.4, 0.5) is 23.1 Å². The quantitative estimate of drug-likeness (QED) is 0.653. The van der Waals surface area contributed by atoms with E-state index in [1.54, 1.807) is 24.4 Å². The van der Waals surface area contributed by atoms with E-state index >= 15 is 0 Å². The molecule has 1 aromatic heterocycles. The lowest BCUT2D eigenvalue weighted by molar-refractivity contribution is 0.981. The van der Waals surface area contributed by atoms with Gasteiger partial charge in [-0.15, -0.1) is 5.10 Å². The van der Waals surface area contributed by atoms with Crippen molar-refractivity contribution in [3.63, 3.8) is 0 Å². The van der Waals surface area contributed by atoms with Gasteiger partial charge in [-0.3, -0.25) is 0 Å². The summed E-state index contributed by atoms with van der Waals surface area (Å²) in [5.74, 6) is 0.973. The maximum atomic E-state index is 6.01. The number of benzene rings is 2. The second-order valence-electron chi connectivity index (χ2n) is 5.05. The third-order valence-corrected chi connectivity index (χ3v) is 4.13. The molecule has 2 aromatic carbocycles. The summed E-state index contributed by atoms with van der Waals surface area (Å²) in [7, 11) is 0. The zero-order valence-electron chi connectivity index (χ0n) is 12.9. The van der Waals surface area contributed by atoms with Crippen molar-refractivity contribution >= 4 is 46.3 Å². The first-order chi connectivity index (χ1) is 11.7. The summed E-state index contributed by atoms with van der Waals surface area (Å²) in [5, 5.41) is 15.2. The number of para-hydroxylation sites is 1. The Bertz CT molecular complexity index is 854. The molecule has 0 bridgehead atoms. The molecule has 0 spiro atoms. The summed E-state index contributed by atoms with van der Waals surface area (Å²) in [4.78, 5) is 4.42. The SMILES string of the molecule is CCc1ccccc1Nc1cnnc(Nc2ccc(Cl)c(Cl)c2)n1. The van der Waals surface area contributed by atoms with E-state index in [1.165, 1.54) is 5.56 Å². The van der Waals surface area contributed by atoms with Crippen LogP contribution >= 0.6 is 23.2 Å². The monoisotopic (exact) mass is 359 g/mol. The smallest absolute Gasteiger partial charge is 0.249 e. The number of aromatic nitrogens is 3. The molecule has 0 aliphatic heterocycles. The summed E-state index contributed by atoms with van der Waals surface area (Å²) in [6, 6.07) is 13.3. The Labute approximate surface area is 150 Å². The van der Waals surface area contributed by atoms with Gasteiger partial charge < -0.3 is 10.6 Å². The van der Waals surface area contributed by atoms with Crippen molar-refractivity contribution in [2.24, 2.45) is 0 Å². The molecule has 0 atom stereocenters. The predicted molar refractivity (Wildman–Crippen MR) is 98.7 cm³/mol. The molecule has 0 unspecified atom stereocenters. The van der Waals surface area contributed by atoms with Crippen LogP contribution in [0, 0.1) is 0 Å². The molecule has 0 amide bonds. The maximum absolute atomic E-state index is 6.01. The van der Waals surface area contributed by atoms with Gasteiger partial charge in [0, 0.05) is 11.4 Å². The van der Waals surface area contributed by atoms with E-state index in [0.717, 1.165) is 17.8 Å². The van der Waals surface area contributed by atoms with Crippen molar-refractivity contribution < 1.29 is 0 Å². The Hall–Kier alpha value is -2.37. The number of halogens is 2. The third kappa shape index (κ3) is 3.93. The fourth-order valence-corrected chi connectivity index (χ4v) is 2.51. The first-order valence-electron chi connectivity index (χ1n) is 7.42. The van der Waals surface area contributed by atoms with Gasteiger partial charge in [0.05, 0.1) is 16.2 Å². The topological polar surface area (TPSA) is 62.7 Å². The highest BCUT2D eigenvalue weighted by Crippen LogP contribution is 2.26. The Balaban J connectivity index is 1.80. The molecule has 1 heterocycles. The molecule has 2 N–H and O–H groups in total. The first-order valence-corrected chi connectivity index (χ1v) is 8.18. The number of anilines is 4. The van der Waals surface area contributed by atoms with Crippen LogP contribution in [0.3, 0.4) is 0 Å². The molecule has 3 rings (SSSR count). The molecule has 0 fully saturated rings. The van der Waals surface area contributed by atoms with Gasteiger partial charge in [-0.2, -0.15) is 10.1 Å². The van der Waals surface area contributed by atoms with Crippen LogP contribution in [0.15, 0.2) is 48.7 Å². The van der Waals surface area contributed by atoms with E-state index in [2.05, 4.69) is 38.8 Å². The second-order valence-corrected chi connectivity index (χ2v) is 5.87. The molecule has 3 aromatic rings. The average Bonchev–Trinajstić information content (AvgIpc) is 2.59. The van der Waals surface area contributed by atoms with Crippen LogP contribution in [0.2, 0.25) is 10.0 Å². The van der Waals surface area contributed by atoms with Gasteiger partial charge in [0.1, 0.15) is 0 Å². The summed E-state index contributed by atoms with van der Waals surface area (Å²) in [6.07, 6.45) is 2.50. The Morgan fingerprint density at radius 3 is 2.62 bits per heavy atom. The van der Waals surface area contributed by atoms with E-state index < -0.39 is 0 Å². The fraction of sp³-hybridized carbons (Fsp3) is 0.118. The van der Waals surface area contributed by atoms with Crippen LogP contribution in [0.25, 0.3) is 0 Å². The van der Waals surface area contributed by atoms with Crippen molar-refractivity contribution in [2.45, 2.75) is 13.3 Å². The Kier molecular flexibility index (Phi) is 5.13. The van der Waals surface area contributed by atoms with Gasteiger partial charge in [0.15, 0.2) is 5.82 Å². The lowest BCUT2D eigenvalue weighted by atomic mass is 10.1. The van der Waals surface area contributed by atoms with Crippen molar-refractivity contribution in [1.82, 2.24) is 15.2 Å². The molecule has 24 heavy (non-hydrogen) atoms. The molecule has 0 aliphatic carbocycles. The lowest BCUT2D eigenvalue weighted by Gasteiger charge is -2.11. The van der Waals surface area contributed by atoms with E-state index in [-0.39, 0.29) is 0 Å². The fourth-order valence-electron chi connectivity index (χ4n) is 2.21. The number of nitrogens with zero attached hydrogens (tertiary/aromatic N) is 3. The first kappa shape index (κ1) is 16.5. The van der Waals surface area contributed by atoms with Crippen molar-refractivity contribution in [2.75, 3.05) is 10.6 Å². The Morgan fingerprint density at radius 2 is 1.83 bits per heavy atom. The molecule has 0 radical (unpaired) electrons. The zero-order chi connectivity index (χ0) is 16.9. The number of rotatable bonds is 5. The van der Waals surface area contributed by atoms with E-state index in [0.29, 0.717) is 21.8 Å². The summed E-state index contributed by atoms with van der Waals surface area (Å²) >= 11 is 11.9. The van der Waals surface area contributed by atoms with Gasteiger partial charge in [-0.05, 0) is 36.2 Å². The zero-order valence-corrected chi connectivity index (χ0v) is 14.4. The molecule has 0 saturated heterocycles. The van der Waals surface area contributed by atoms with Gasteiger partial charge >= 0.3 is 0 Å². The van der Waals surface area contributed by atoms with Gasteiger partial charge in [-0.25, -0.2) is 0 Å². The normalized spacial score (nSPS) is 10.5. The number of aryl methyl sites for hydroxylation is 1. The average molecular weight is 360 g/mol. The minimum atomic E-state index is 0.368. The molecular weight excluding hydrogens is 345 g/mol. The summed E-state index contributed by atoms with van der Waals surface area (Å²) in [6.45, 7) is 2.11. The van der Waals surface area contributed by atoms with E-state index in [9.17, 15) is 0 Å². The molecule has 122 valence electrons. The maximum Gasteiger partial charge on any atom is 0.249 e. The minimum absolute atomic E-state index is 0.368. The summed E-state index contributed by atoms with van der Waals surface area (Å²) in [5.41, 5.74) is 2.94. The van der Waals surface area contributed by atoms with Crippen molar-refractivity contribution in [3.05, 3.63) is 64.3 Å². The number of nitrogens with one attached hydrogen (secondary N) is 2. The molecular formula is C17H15Cl2N5. The van der Waals surface area contributed by atoms with Crippen LogP contribution in [0.1, 0.15) is 12.5 Å². The largest absolute Gasteiger partial charge is 0.339 e. The third-order valence-electron chi connectivity index (χ3n) is 3.40. The van der Waals surface area contributed by atoms with Crippen LogP contribution in [0.5, 0.6) is 0 Å². The van der Waals surface area contributed by atoms with Crippen LogP contribution in [-0.2, 0) is 6.42 Å². The van der Waals surface area contributed by atoms with Gasteiger partial charge in [-0.1, -0.05) is 48.3 Å². The second kappa shape index (κ2) is 7.47. The van der Waals surface area contributed by atoms with Gasteiger partial charge in [0.25, 0.3) is 0 Å². The van der Waals surface area contributed by atoms with Crippen LogP contribution in [-0.4, -0.2) is 15.2 Å². The summed E-state index contributed by atoms with van der Waals surface area (Å²) < 4.78 is 0. The highest BCUT2D eigenvalue weighted by molar-refractivity contribution is 6.42. The molecule has 0 aliphatic rings. The van der Waals surface area contributed by atoms with Gasteiger partial charge in [0.2, 0.25) is 5.95 Å². The minimum Gasteiger partial charge on any atom is -0.339 e. The van der Waals surface area contributed by atoms with Crippen molar-refractivity contribution in [3.8, 4) is 0 Å². The highest BCUT2D eigenvalue weighted by atomic mass is 35.5. The number of hydrogen-bond acceptors (Lipinski definition) is 5. The standard InChI is InChI=1S/C17H15Cl2N5/c1-2-11-5-3-4-6-15(11)22-16-10-20-24-17(23-16)21-12-7-8-13(18)14(19)9-12/h3-10H,2H2,1H3,(H2,21,22,23,24). The number of hydrogen-bond donors (Lipinski definition) is 2.